The minimum atomic E-state index is -4.38. The minimum Gasteiger partial charge on any atom is -0.484 e. The summed E-state index contributed by atoms with van der Waals surface area (Å²) in [6.45, 7) is 6.06. The highest BCUT2D eigenvalue weighted by Gasteiger charge is 2.28. The van der Waals surface area contributed by atoms with Crippen molar-refractivity contribution in [2.75, 3.05) is 6.61 Å². The highest BCUT2D eigenvalue weighted by molar-refractivity contribution is 7.85. The van der Waals surface area contributed by atoms with Crippen molar-refractivity contribution in [2.45, 2.75) is 38.6 Å². The molecule has 0 amide bonds. The van der Waals surface area contributed by atoms with Crippen molar-refractivity contribution < 1.29 is 22.1 Å². The van der Waals surface area contributed by atoms with Gasteiger partial charge in [-0.15, -0.1) is 11.3 Å². The molecule has 1 atom stereocenters. The number of alkyl halides is 3. The summed E-state index contributed by atoms with van der Waals surface area (Å²) in [6, 6.07) is 10.7. The van der Waals surface area contributed by atoms with Crippen molar-refractivity contribution >= 4 is 48.2 Å². The number of fused-ring (bicyclic) bond motifs is 3. The van der Waals surface area contributed by atoms with Crippen LogP contribution in [0.25, 0.3) is 20.2 Å². The van der Waals surface area contributed by atoms with Gasteiger partial charge in [0.25, 0.3) is 0 Å². The number of hydrogen-bond donors (Lipinski definition) is 0. The van der Waals surface area contributed by atoms with Crippen LogP contribution in [0.1, 0.15) is 33.3 Å². The first-order chi connectivity index (χ1) is 12.9. The molecule has 1 aromatic heterocycles. The summed E-state index contributed by atoms with van der Waals surface area (Å²) in [6.07, 6.45) is -4.38. The van der Waals surface area contributed by atoms with Crippen LogP contribution in [0, 0.1) is 0 Å². The monoisotopic (exact) mass is 427 g/mol. The molecule has 3 rings (SSSR count). The molecule has 3 nitrogen and oxygen atoms in total. The van der Waals surface area contributed by atoms with E-state index in [2.05, 4.69) is 4.40 Å². The second-order valence-corrected chi connectivity index (χ2v) is 10.4. The van der Waals surface area contributed by atoms with Crippen molar-refractivity contribution in [1.29, 1.82) is 0 Å². The van der Waals surface area contributed by atoms with E-state index in [-0.39, 0.29) is 5.75 Å². The fourth-order valence-electron chi connectivity index (χ4n) is 2.55. The Kier molecular flexibility index (Phi) is 5.55. The molecule has 0 saturated carbocycles. The third-order valence-electron chi connectivity index (χ3n) is 4.00. The van der Waals surface area contributed by atoms with Crippen molar-refractivity contribution in [3.63, 3.8) is 0 Å². The Labute approximate surface area is 167 Å². The summed E-state index contributed by atoms with van der Waals surface area (Å²) in [4.78, 5) is 0. The maximum Gasteiger partial charge on any atom is 0.422 e. The maximum absolute atomic E-state index is 12.4. The Morgan fingerprint density at radius 2 is 1.68 bits per heavy atom. The minimum absolute atomic E-state index is 0.175. The van der Waals surface area contributed by atoms with Gasteiger partial charge in [0, 0.05) is 20.2 Å². The van der Waals surface area contributed by atoms with Crippen molar-refractivity contribution in [3.8, 4) is 5.75 Å². The number of halogens is 3. The van der Waals surface area contributed by atoms with Gasteiger partial charge < -0.3 is 4.74 Å². The van der Waals surface area contributed by atoms with Gasteiger partial charge in [-0.25, -0.2) is 4.21 Å². The van der Waals surface area contributed by atoms with Crippen LogP contribution < -0.4 is 4.74 Å². The van der Waals surface area contributed by atoms with E-state index in [1.54, 1.807) is 36.5 Å². The second kappa shape index (κ2) is 7.48. The molecule has 0 bridgehead atoms. The van der Waals surface area contributed by atoms with E-state index in [0.717, 1.165) is 25.7 Å². The lowest BCUT2D eigenvalue weighted by molar-refractivity contribution is -0.153. The van der Waals surface area contributed by atoms with E-state index in [9.17, 15) is 17.4 Å². The molecule has 1 heterocycles. The van der Waals surface area contributed by atoms with Crippen molar-refractivity contribution in [3.05, 3.63) is 42.0 Å². The van der Waals surface area contributed by atoms with E-state index in [1.807, 2.05) is 39.0 Å². The molecule has 28 heavy (non-hydrogen) atoms. The van der Waals surface area contributed by atoms with Crippen LogP contribution in [0.4, 0.5) is 13.2 Å². The van der Waals surface area contributed by atoms with Gasteiger partial charge in [-0.1, -0.05) is 6.07 Å². The van der Waals surface area contributed by atoms with Crippen LogP contribution in [0.2, 0.25) is 0 Å². The SMILES string of the molecule is CC(=N[S@](=O)C(C)(C)C)c1ccc2sc3ccc(OCC(F)(F)F)cc3c2c1. The molecule has 0 saturated heterocycles. The lowest BCUT2D eigenvalue weighted by Gasteiger charge is -2.14. The topological polar surface area (TPSA) is 38.7 Å². The Morgan fingerprint density at radius 1 is 1.07 bits per heavy atom. The lowest BCUT2D eigenvalue weighted by atomic mass is 10.1. The molecule has 0 aliphatic heterocycles. The van der Waals surface area contributed by atoms with Gasteiger partial charge in [0.1, 0.15) is 16.7 Å². The van der Waals surface area contributed by atoms with Crippen LogP contribution >= 0.6 is 11.3 Å². The standard InChI is InChI=1S/C20H20F3NO2S2/c1-12(24-28(25)19(2,3)4)13-5-7-17-15(9-13)16-10-14(6-8-18(16)27-17)26-11-20(21,22)23/h5-10H,11H2,1-4H3/t28-/m1/s1. The Morgan fingerprint density at radius 3 is 2.29 bits per heavy atom. The summed E-state index contributed by atoms with van der Waals surface area (Å²) >= 11 is 1.55. The Balaban J connectivity index is 2.01. The van der Waals surface area contributed by atoms with Crippen LogP contribution in [-0.4, -0.2) is 27.5 Å². The van der Waals surface area contributed by atoms with Crippen LogP contribution in [-0.2, 0) is 11.0 Å². The van der Waals surface area contributed by atoms with E-state index >= 15 is 0 Å². The number of ether oxygens (including phenoxy) is 1. The number of thiophene rings is 1. The third kappa shape index (κ3) is 4.72. The van der Waals surface area contributed by atoms with E-state index in [0.29, 0.717) is 5.71 Å². The first-order valence-electron chi connectivity index (χ1n) is 8.57. The number of nitrogens with zero attached hydrogens (tertiary/aromatic N) is 1. The second-order valence-electron chi connectivity index (χ2n) is 7.41. The molecular weight excluding hydrogens is 407 g/mol. The summed E-state index contributed by atoms with van der Waals surface area (Å²) in [7, 11) is -1.37. The van der Waals surface area contributed by atoms with E-state index in [4.69, 9.17) is 4.74 Å². The summed E-state index contributed by atoms with van der Waals surface area (Å²) in [5, 5.41) is 1.73. The molecule has 0 spiro atoms. The molecule has 150 valence electrons. The summed E-state index contributed by atoms with van der Waals surface area (Å²) in [5.74, 6) is 0.175. The van der Waals surface area contributed by atoms with E-state index < -0.39 is 28.5 Å². The highest BCUT2D eigenvalue weighted by Crippen LogP contribution is 2.36. The normalized spacial score (nSPS) is 14.6. The molecule has 0 aliphatic rings. The van der Waals surface area contributed by atoms with Gasteiger partial charge in [0.05, 0.1) is 10.5 Å². The average Bonchev–Trinajstić information content (AvgIpc) is 2.95. The fraction of sp³-hybridized carbons (Fsp3) is 0.350. The lowest BCUT2D eigenvalue weighted by Crippen LogP contribution is -2.20. The molecule has 0 aliphatic carbocycles. The molecule has 0 radical (unpaired) electrons. The highest BCUT2D eigenvalue weighted by atomic mass is 32.2. The average molecular weight is 428 g/mol. The first kappa shape index (κ1) is 20.8. The molecule has 8 heteroatoms. The predicted octanol–water partition coefficient (Wildman–Crippen LogP) is 6.27. The van der Waals surface area contributed by atoms with Crippen LogP contribution in [0.15, 0.2) is 40.8 Å². The van der Waals surface area contributed by atoms with Gasteiger partial charge in [-0.2, -0.15) is 17.6 Å². The number of hydrogen-bond acceptors (Lipinski definition) is 3. The van der Waals surface area contributed by atoms with Crippen molar-refractivity contribution in [2.24, 2.45) is 4.40 Å². The van der Waals surface area contributed by atoms with Crippen molar-refractivity contribution in [1.82, 2.24) is 0 Å². The largest absolute Gasteiger partial charge is 0.484 e. The van der Waals surface area contributed by atoms with Gasteiger partial charge in [0.15, 0.2) is 6.61 Å². The molecular formula is C20H20F3NO2S2. The Hall–Kier alpha value is -1.93. The summed E-state index contributed by atoms with van der Waals surface area (Å²) in [5.41, 5.74) is 1.48. The molecule has 0 N–H and O–H groups in total. The van der Waals surface area contributed by atoms with Gasteiger partial charge in [-0.3, -0.25) is 0 Å². The molecule has 3 aromatic rings. The van der Waals surface area contributed by atoms with Crippen LogP contribution in [0.5, 0.6) is 5.75 Å². The zero-order chi connectivity index (χ0) is 20.7. The quantitative estimate of drug-likeness (QED) is 0.461. The van der Waals surface area contributed by atoms with Gasteiger partial charge in [0.2, 0.25) is 0 Å². The molecule has 2 aromatic carbocycles. The predicted molar refractivity (Wildman–Crippen MR) is 111 cm³/mol. The number of rotatable bonds is 4. The Bertz CT molecular complexity index is 1080. The fourth-order valence-corrected chi connectivity index (χ4v) is 4.25. The van der Waals surface area contributed by atoms with Gasteiger partial charge >= 0.3 is 6.18 Å². The van der Waals surface area contributed by atoms with Crippen LogP contribution in [0.3, 0.4) is 0 Å². The van der Waals surface area contributed by atoms with Gasteiger partial charge in [-0.05, 0) is 63.6 Å². The third-order valence-corrected chi connectivity index (χ3v) is 6.64. The zero-order valence-corrected chi connectivity index (χ0v) is 17.5. The first-order valence-corrected chi connectivity index (χ1v) is 10.5. The zero-order valence-electron chi connectivity index (χ0n) is 15.9. The molecule has 0 fully saturated rings. The summed E-state index contributed by atoms with van der Waals surface area (Å²) < 4.78 is 60.2. The van der Waals surface area contributed by atoms with E-state index in [1.165, 1.54) is 0 Å². The number of benzene rings is 2. The molecule has 0 unspecified atom stereocenters. The maximum atomic E-state index is 12.4. The smallest absolute Gasteiger partial charge is 0.422 e.